The van der Waals surface area contributed by atoms with Crippen molar-refractivity contribution in [3.05, 3.63) is 176 Å². The summed E-state index contributed by atoms with van der Waals surface area (Å²) in [5.41, 5.74) is 5.64. The van der Waals surface area contributed by atoms with Gasteiger partial charge in [-0.25, -0.2) is 0 Å². The Morgan fingerprint density at radius 1 is 0.326 bits per heavy atom. The van der Waals surface area contributed by atoms with Gasteiger partial charge in [-0.1, -0.05) is 133 Å². The van der Waals surface area contributed by atoms with Crippen molar-refractivity contribution >= 4 is 49.4 Å². The molecule has 202 valence electrons. The highest BCUT2D eigenvalue weighted by Crippen LogP contribution is 2.39. The third-order valence-electron chi connectivity index (χ3n) is 8.15. The Bertz CT molecular complexity index is 2430. The molecule has 0 aliphatic carbocycles. The summed E-state index contributed by atoms with van der Waals surface area (Å²) in [5.74, 6) is 0. The van der Waals surface area contributed by atoms with Crippen LogP contribution in [0.3, 0.4) is 0 Å². The van der Waals surface area contributed by atoms with Crippen molar-refractivity contribution in [1.29, 1.82) is 0 Å². The Morgan fingerprint density at radius 2 is 0.744 bits per heavy atom. The van der Waals surface area contributed by atoms with Crippen molar-refractivity contribution in [3.63, 3.8) is 0 Å². The van der Waals surface area contributed by atoms with E-state index in [1.807, 2.05) is 78.9 Å². The van der Waals surface area contributed by atoms with Crippen LogP contribution in [0, 0.1) is 0 Å². The maximum atomic E-state index is 8.80. The van der Waals surface area contributed by atoms with E-state index in [4.69, 9.17) is 6.85 Å². The van der Waals surface area contributed by atoms with Gasteiger partial charge in [0.1, 0.15) is 0 Å². The number of hydrogen-bond acceptors (Lipinski definition) is 1. The van der Waals surface area contributed by atoms with Crippen LogP contribution >= 0.6 is 0 Å². The van der Waals surface area contributed by atoms with E-state index in [2.05, 4.69) is 66.7 Å². The molecule has 0 saturated heterocycles. The van der Waals surface area contributed by atoms with E-state index in [1.54, 1.807) is 4.90 Å². The zero-order valence-electron chi connectivity index (χ0n) is 28.3. The first-order valence-corrected chi connectivity index (χ1v) is 14.4. The van der Waals surface area contributed by atoms with Gasteiger partial charge < -0.3 is 4.90 Å². The summed E-state index contributed by atoms with van der Waals surface area (Å²) < 4.78 is 42.6. The molecule has 8 aromatic rings. The fourth-order valence-electron chi connectivity index (χ4n) is 6.09. The van der Waals surface area contributed by atoms with Gasteiger partial charge in [-0.2, -0.15) is 0 Å². The molecule has 0 bridgehead atoms. The van der Waals surface area contributed by atoms with Crippen LogP contribution in [0.5, 0.6) is 0 Å². The average Bonchev–Trinajstić information content (AvgIpc) is 3.15. The molecule has 0 N–H and O–H groups in total. The molecule has 0 saturated carbocycles. The molecule has 0 radical (unpaired) electrons. The minimum Gasteiger partial charge on any atom is -0.311 e. The fourth-order valence-corrected chi connectivity index (χ4v) is 6.09. The monoisotopic (exact) mass is 552 g/mol. The summed E-state index contributed by atoms with van der Waals surface area (Å²) >= 11 is 0. The Labute approximate surface area is 258 Å². The van der Waals surface area contributed by atoms with Crippen molar-refractivity contribution in [3.8, 4) is 22.3 Å². The minimum absolute atomic E-state index is 0.102. The maximum Gasteiger partial charge on any atom is 0.0645 e. The lowest BCUT2D eigenvalue weighted by Crippen LogP contribution is -2.09. The molecule has 0 heterocycles. The van der Waals surface area contributed by atoms with Gasteiger partial charge in [0.2, 0.25) is 0 Å². The fraction of sp³-hybridized carbons (Fsp3) is 0. The number of fused-ring (bicyclic) bond motifs is 6. The molecule has 0 aliphatic rings. The third kappa shape index (κ3) is 4.52. The van der Waals surface area contributed by atoms with Crippen LogP contribution in [0.25, 0.3) is 54.6 Å². The molecular weight excluding hydrogens is 518 g/mol. The van der Waals surface area contributed by atoms with Crippen molar-refractivity contribution < 1.29 is 6.85 Å². The Kier molecular flexibility index (Phi) is 5.01. The Balaban J connectivity index is 1.26. The van der Waals surface area contributed by atoms with Gasteiger partial charge in [-0.15, -0.1) is 0 Å². The second kappa shape index (κ2) is 10.6. The first-order chi connectivity index (χ1) is 23.4. The highest BCUT2D eigenvalue weighted by Gasteiger charge is 2.14. The molecule has 0 atom stereocenters. The number of anilines is 3. The topological polar surface area (TPSA) is 3.24 Å². The largest absolute Gasteiger partial charge is 0.311 e. The van der Waals surface area contributed by atoms with Gasteiger partial charge in [0, 0.05) is 17.1 Å². The molecule has 0 fully saturated rings. The average molecular weight is 553 g/mol. The summed E-state index contributed by atoms with van der Waals surface area (Å²) in [6.45, 7) is 0. The van der Waals surface area contributed by atoms with Crippen molar-refractivity contribution in [1.82, 2.24) is 0 Å². The molecule has 0 spiro atoms. The molecule has 8 aromatic carbocycles. The van der Waals surface area contributed by atoms with Crippen LogP contribution < -0.4 is 4.90 Å². The van der Waals surface area contributed by atoms with Gasteiger partial charge in [0.25, 0.3) is 0 Å². The molecule has 8 rings (SSSR count). The standard InChI is InChI=1S/C42H29N/c1-3-11-30(12-4-1)31-19-24-35(25-20-31)43(34-13-5-2-6-14-34)36-26-21-32(22-27-36)33-23-28-41-39-17-8-7-15-37(39)38-16-9-10-18-40(38)42(41)29-33/h1-29H/i2D,5D,6D,13D,14D. The van der Waals surface area contributed by atoms with Crippen molar-refractivity contribution in [2.45, 2.75) is 0 Å². The lowest BCUT2D eigenvalue weighted by molar-refractivity contribution is 1.28. The van der Waals surface area contributed by atoms with Crippen LogP contribution in [0.2, 0.25) is 0 Å². The van der Waals surface area contributed by atoms with Crippen LogP contribution in [-0.4, -0.2) is 0 Å². The van der Waals surface area contributed by atoms with Crippen molar-refractivity contribution in [2.24, 2.45) is 0 Å². The quantitative estimate of drug-likeness (QED) is 0.192. The smallest absolute Gasteiger partial charge is 0.0645 e. The zero-order chi connectivity index (χ0) is 32.9. The molecular formula is C42H29N. The molecule has 43 heavy (non-hydrogen) atoms. The van der Waals surface area contributed by atoms with Gasteiger partial charge in [0.15, 0.2) is 0 Å². The summed E-state index contributed by atoms with van der Waals surface area (Å²) in [6.07, 6.45) is 0. The SMILES string of the molecule is [2H]c1c([2H])c([2H])c(N(c2ccc(-c3ccccc3)cc2)c2ccc(-c3ccc4c5ccccc5c5ccccc5c4c3)cc2)c([2H])c1[2H]. The summed E-state index contributed by atoms with van der Waals surface area (Å²) in [5, 5.41) is 7.28. The normalized spacial score (nSPS) is 12.9. The van der Waals surface area contributed by atoms with Crippen LogP contribution in [0.15, 0.2) is 176 Å². The summed E-state index contributed by atoms with van der Waals surface area (Å²) in [4.78, 5) is 1.75. The lowest BCUT2D eigenvalue weighted by Gasteiger charge is -2.26. The van der Waals surface area contributed by atoms with Crippen LogP contribution in [0.4, 0.5) is 17.1 Å². The lowest BCUT2D eigenvalue weighted by atomic mass is 9.92. The predicted octanol–water partition coefficient (Wildman–Crippen LogP) is 11.9. The summed E-state index contributed by atoms with van der Waals surface area (Å²) in [7, 11) is 0. The molecule has 1 heteroatoms. The van der Waals surface area contributed by atoms with Crippen LogP contribution in [-0.2, 0) is 0 Å². The van der Waals surface area contributed by atoms with Gasteiger partial charge in [-0.05, 0) is 97.0 Å². The number of rotatable bonds is 5. The van der Waals surface area contributed by atoms with E-state index in [-0.39, 0.29) is 29.9 Å². The van der Waals surface area contributed by atoms with E-state index in [9.17, 15) is 0 Å². The van der Waals surface area contributed by atoms with E-state index in [1.165, 1.54) is 32.3 Å². The Morgan fingerprint density at radius 3 is 1.30 bits per heavy atom. The first kappa shape index (κ1) is 20.3. The number of hydrogen-bond donors (Lipinski definition) is 0. The molecule has 0 aromatic heterocycles. The highest BCUT2D eigenvalue weighted by atomic mass is 15.1. The molecule has 1 nitrogen and oxygen atoms in total. The Hall–Kier alpha value is -5.66. The minimum atomic E-state index is -0.417. The molecule has 0 aliphatic heterocycles. The van der Waals surface area contributed by atoms with E-state index in [0.717, 1.165) is 22.3 Å². The number of para-hydroxylation sites is 1. The number of benzene rings is 8. The van der Waals surface area contributed by atoms with Gasteiger partial charge in [0.05, 0.1) is 6.85 Å². The maximum absolute atomic E-state index is 8.80. The summed E-state index contributed by atoms with van der Waals surface area (Å²) in [6, 6.07) is 47.8. The van der Waals surface area contributed by atoms with Gasteiger partial charge >= 0.3 is 0 Å². The number of nitrogens with zero attached hydrogens (tertiary/aromatic N) is 1. The first-order valence-electron chi connectivity index (χ1n) is 16.9. The van der Waals surface area contributed by atoms with Crippen molar-refractivity contribution in [2.75, 3.05) is 4.90 Å². The van der Waals surface area contributed by atoms with E-state index < -0.39 is 6.04 Å². The third-order valence-corrected chi connectivity index (χ3v) is 8.15. The van der Waals surface area contributed by atoms with Crippen LogP contribution in [0.1, 0.15) is 6.85 Å². The predicted molar refractivity (Wildman–Crippen MR) is 185 cm³/mol. The van der Waals surface area contributed by atoms with E-state index in [0.29, 0.717) is 11.4 Å². The highest BCUT2D eigenvalue weighted by molar-refractivity contribution is 6.25. The zero-order valence-corrected chi connectivity index (χ0v) is 23.3. The van der Waals surface area contributed by atoms with Gasteiger partial charge in [-0.3, -0.25) is 0 Å². The second-order valence-electron chi connectivity index (χ2n) is 10.6. The van der Waals surface area contributed by atoms with E-state index >= 15 is 0 Å². The molecule has 0 unspecified atom stereocenters. The second-order valence-corrected chi connectivity index (χ2v) is 10.6. The molecule has 0 amide bonds.